The van der Waals surface area contributed by atoms with Crippen LogP contribution in [0, 0.1) is 0 Å². The first-order valence-electron chi connectivity index (χ1n) is 3.95. The van der Waals surface area contributed by atoms with E-state index in [4.69, 9.17) is 9.79 Å². The van der Waals surface area contributed by atoms with Crippen molar-refractivity contribution in [2.75, 3.05) is 0 Å². The molecule has 3 nitrogen and oxygen atoms in total. The van der Waals surface area contributed by atoms with Gasteiger partial charge in [-0.3, -0.25) is 0 Å². The first kappa shape index (κ1) is 12.1. The fourth-order valence-corrected chi connectivity index (χ4v) is 1.10. The normalized spacial score (nSPS) is 12.2. The second kappa shape index (κ2) is 6.61. The van der Waals surface area contributed by atoms with Crippen molar-refractivity contribution in [3.63, 3.8) is 0 Å². The van der Waals surface area contributed by atoms with Crippen LogP contribution in [0.15, 0.2) is 12.3 Å². The number of rotatable bonds is 6. The predicted octanol–water partition coefficient (Wildman–Crippen LogP) is 2.31. The van der Waals surface area contributed by atoms with Gasteiger partial charge >= 0.3 is 6.72 Å². The summed E-state index contributed by atoms with van der Waals surface area (Å²) in [6, 6.07) is 0. The average Bonchev–Trinajstić information content (AvgIpc) is 1.94. The topological polar surface area (TPSA) is 49.7 Å². The minimum atomic E-state index is -3.47. The zero-order valence-electron chi connectivity index (χ0n) is 7.14. The van der Waals surface area contributed by atoms with E-state index in [9.17, 15) is 0 Å². The van der Waals surface area contributed by atoms with Gasteiger partial charge < -0.3 is 14.3 Å². The van der Waals surface area contributed by atoms with E-state index < -0.39 is 6.72 Å². The van der Waals surface area contributed by atoms with Gasteiger partial charge in [-0.15, -0.1) is 0 Å². The van der Waals surface area contributed by atoms with Crippen LogP contribution in [0.1, 0.15) is 32.6 Å². The highest BCUT2D eigenvalue weighted by molar-refractivity contribution is 8.06. The molecule has 0 aromatic heterocycles. The molecule has 0 saturated carbocycles. The minimum Gasteiger partial charge on any atom is -0.433 e. The molecular weight excluding hydrogens is 195 g/mol. The summed E-state index contributed by atoms with van der Waals surface area (Å²) in [7, 11) is 0. The van der Waals surface area contributed by atoms with E-state index in [1.165, 1.54) is 19.1 Å². The molecule has 0 heterocycles. The van der Waals surface area contributed by atoms with Gasteiger partial charge in [0.25, 0.3) is 0 Å². The maximum Gasteiger partial charge on any atom is 0.374 e. The van der Waals surface area contributed by atoms with Crippen molar-refractivity contribution >= 4 is 18.5 Å². The standard InChI is InChI=1S/C7H15O3PS/c1-2-3-4-5-6-7-10-11(8,9)12/h6-7H,2-5H2,1H3,(H2,8,9,12)/b7-6+. The van der Waals surface area contributed by atoms with Crippen LogP contribution in [0.25, 0.3) is 0 Å². The molecule has 2 N–H and O–H groups in total. The smallest absolute Gasteiger partial charge is 0.374 e. The summed E-state index contributed by atoms with van der Waals surface area (Å²) >= 11 is 4.23. The molecule has 0 rings (SSSR count). The molecule has 0 aromatic carbocycles. The van der Waals surface area contributed by atoms with Gasteiger partial charge in [-0.25, -0.2) is 0 Å². The highest BCUT2D eigenvalue weighted by atomic mass is 32.5. The fourth-order valence-electron chi connectivity index (χ4n) is 0.703. The van der Waals surface area contributed by atoms with Crippen molar-refractivity contribution in [2.45, 2.75) is 32.6 Å². The van der Waals surface area contributed by atoms with Crippen molar-refractivity contribution in [1.82, 2.24) is 0 Å². The minimum absolute atomic E-state index is 0.892. The lowest BCUT2D eigenvalue weighted by molar-refractivity contribution is 0.337. The van der Waals surface area contributed by atoms with E-state index >= 15 is 0 Å². The summed E-state index contributed by atoms with van der Waals surface area (Å²) in [4.78, 5) is 17.3. The quantitative estimate of drug-likeness (QED) is 0.401. The molecule has 0 aliphatic rings. The van der Waals surface area contributed by atoms with Crippen LogP contribution in [0.2, 0.25) is 0 Å². The van der Waals surface area contributed by atoms with Crippen LogP contribution >= 0.6 is 6.72 Å². The Morgan fingerprint density at radius 2 is 2.08 bits per heavy atom. The maximum absolute atomic E-state index is 8.63. The molecular formula is C7H15O3PS. The lowest BCUT2D eigenvalue weighted by Gasteiger charge is -2.03. The molecule has 0 aromatic rings. The van der Waals surface area contributed by atoms with Gasteiger partial charge in [0.15, 0.2) is 0 Å². The third-order valence-corrected chi connectivity index (χ3v) is 1.92. The predicted molar refractivity (Wildman–Crippen MR) is 53.1 cm³/mol. The summed E-state index contributed by atoms with van der Waals surface area (Å²) < 4.78 is 4.47. The van der Waals surface area contributed by atoms with Gasteiger partial charge in [0.05, 0.1) is 6.26 Å². The van der Waals surface area contributed by atoms with Crippen LogP contribution in [-0.4, -0.2) is 9.79 Å². The summed E-state index contributed by atoms with van der Waals surface area (Å²) in [5.41, 5.74) is 0. The van der Waals surface area contributed by atoms with E-state index in [-0.39, 0.29) is 0 Å². The Labute approximate surface area is 78.3 Å². The molecule has 0 fully saturated rings. The highest BCUT2D eigenvalue weighted by Crippen LogP contribution is 2.36. The molecule has 0 aliphatic heterocycles. The van der Waals surface area contributed by atoms with E-state index in [0.29, 0.717) is 0 Å². The highest BCUT2D eigenvalue weighted by Gasteiger charge is 2.03. The monoisotopic (exact) mass is 210 g/mol. The van der Waals surface area contributed by atoms with Crippen molar-refractivity contribution in [1.29, 1.82) is 0 Å². The summed E-state index contributed by atoms with van der Waals surface area (Å²) in [5.74, 6) is 0. The third-order valence-electron chi connectivity index (χ3n) is 1.27. The Balaban J connectivity index is 3.32. The number of allylic oxidation sites excluding steroid dienone is 1. The van der Waals surface area contributed by atoms with Crippen molar-refractivity contribution in [3.8, 4) is 0 Å². The second-order valence-electron chi connectivity index (χ2n) is 2.46. The van der Waals surface area contributed by atoms with Gasteiger partial charge in [0, 0.05) is 11.8 Å². The molecule has 72 valence electrons. The van der Waals surface area contributed by atoms with E-state index in [2.05, 4.69) is 23.3 Å². The first-order chi connectivity index (χ1) is 5.56. The summed E-state index contributed by atoms with van der Waals surface area (Å²) in [5, 5.41) is 0. The van der Waals surface area contributed by atoms with E-state index in [0.717, 1.165) is 12.8 Å². The van der Waals surface area contributed by atoms with Gasteiger partial charge in [0.2, 0.25) is 0 Å². The lowest BCUT2D eigenvalue weighted by Crippen LogP contribution is -1.77. The molecule has 0 unspecified atom stereocenters. The van der Waals surface area contributed by atoms with Gasteiger partial charge in [0.1, 0.15) is 0 Å². The Kier molecular flexibility index (Phi) is 6.67. The Morgan fingerprint density at radius 1 is 1.42 bits per heavy atom. The molecule has 5 heteroatoms. The van der Waals surface area contributed by atoms with Gasteiger partial charge in [-0.1, -0.05) is 19.8 Å². The largest absolute Gasteiger partial charge is 0.433 e. The SMILES string of the molecule is CCCCC/C=C/OP(O)(O)=S. The average molecular weight is 210 g/mol. The zero-order valence-corrected chi connectivity index (χ0v) is 8.85. The van der Waals surface area contributed by atoms with Crippen molar-refractivity contribution in [3.05, 3.63) is 12.3 Å². The summed E-state index contributed by atoms with van der Waals surface area (Å²) in [6.07, 6.45) is 7.36. The molecule has 0 amide bonds. The first-order valence-corrected chi connectivity index (χ1v) is 6.58. The van der Waals surface area contributed by atoms with Gasteiger partial charge in [-0.2, -0.15) is 0 Å². The summed E-state index contributed by atoms with van der Waals surface area (Å²) in [6.45, 7) is -1.35. The van der Waals surface area contributed by atoms with Crippen LogP contribution < -0.4 is 0 Å². The van der Waals surface area contributed by atoms with Crippen molar-refractivity contribution in [2.24, 2.45) is 0 Å². The van der Waals surface area contributed by atoms with Crippen molar-refractivity contribution < 1.29 is 14.3 Å². The molecule has 0 radical (unpaired) electrons. The third kappa shape index (κ3) is 10.1. The number of hydrogen-bond acceptors (Lipinski definition) is 2. The van der Waals surface area contributed by atoms with Crippen LogP contribution in [-0.2, 0) is 16.3 Å². The van der Waals surface area contributed by atoms with Crippen LogP contribution in [0.3, 0.4) is 0 Å². The lowest BCUT2D eigenvalue weighted by atomic mass is 10.2. The van der Waals surface area contributed by atoms with E-state index in [1.807, 2.05) is 0 Å². The van der Waals surface area contributed by atoms with Crippen LogP contribution in [0.5, 0.6) is 0 Å². The number of unbranched alkanes of at least 4 members (excludes halogenated alkanes) is 3. The van der Waals surface area contributed by atoms with E-state index in [1.54, 1.807) is 6.08 Å². The maximum atomic E-state index is 8.63. The molecule has 12 heavy (non-hydrogen) atoms. The number of hydrogen-bond donors (Lipinski definition) is 2. The molecule has 0 bridgehead atoms. The Morgan fingerprint density at radius 3 is 2.58 bits per heavy atom. The Bertz CT molecular complexity index is 175. The molecule has 0 spiro atoms. The molecule has 0 saturated heterocycles. The van der Waals surface area contributed by atoms with Gasteiger partial charge in [-0.05, 0) is 18.9 Å². The Hall–Kier alpha value is 0.110. The molecule has 0 atom stereocenters. The second-order valence-corrected chi connectivity index (χ2v) is 5.08. The zero-order chi connectivity index (χ0) is 9.45. The van der Waals surface area contributed by atoms with Crippen LogP contribution in [0.4, 0.5) is 0 Å². The molecule has 0 aliphatic carbocycles. The fraction of sp³-hybridized carbons (Fsp3) is 0.714.